The number of hydrogen-bond acceptors (Lipinski definition) is 6. The molecule has 1 aliphatic rings. The first kappa shape index (κ1) is 15.8. The van der Waals surface area contributed by atoms with E-state index in [1.807, 2.05) is 11.8 Å². The number of aliphatic carboxylic acids is 1. The molecule has 0 amide bonds. The summed E-state index contributed by atoms with van der Waals surface area (Å²) >= 11 is 6.02. The first-order chi connectivity index (χ1) is 11.0. The van der Waals surface area contributed by atoms with Gasteiger partial charge in [0.05, 0.1) is 0 Å². The van der Waals surface area contributed by atoms with Crippen LogP contribution in [0.25, 0.3) is 11.2 Å². The van der Waals surface area contributed by atoms with Gasteiger partial charge in [-0.05, 0) is 18.5 Å². The van der Waals surface area contributed by atoms with Gasteiger partial charge in [0.2, 0.25) is 5.28 Å². The number of rotatable bonds is 4. The van der Waals surface area contributed by atoms with Crippen LogP contribution >= 0.6 is 11.6 Å². The topological polar surface area (TPSA) is 105 Å². The van der Waals surface area contributed by atoms with Crippen molar-refractivity contribution in [3.63, 3.8) is 0 Å². The molecule has 0 spiro atoms. The first-order valence-electron chi connectivity index (χ1n) is 7.37. The second-order valence-electron chi connectivity index (χ2n) is 5.23. The Morgan fingerprint density at radius 3 is 2.61 bits per heavy atom. The fourth-order valence-corrected chi connectivity index (χ4v) is 3.00. The van der Waals surface area contributed by atoms with Crippen LogP contribution in [0.4, 0.5) is 5.82 Å². The molecule has 3 rings (SSSR count). The van der Waals surface area contributed by atoms with Gasteiger partial charge in [0.1, 0.15) is 12.1 Å². The molecule has 2 aromatic heterocycles. The standard InChI is InChI=1S/C13H17ClN6O3/c1-2-19-9-10(18-5-3-15-4-6-18)16-12(14)17-11(9)20(13(19)23)7-8(21)22/h15H,2-7H2,1H3,(H,21,22). The molecule has 10 heteroatoms. The summed E-state index contributed by atoms with van der Waals surface area (Å²) in [5.74, 6) is -0.537. The van der Waals surface area contributed by atoms with Crippen molar-refractivity contribution in [2.45, 2.75) is 20.0 Å². The Balaban J connectivity index is 2.28. The zero-order valence-corrected chi connectivity index (χ0v) is 13.4. The van der Waals surface area contributed by atoms with E-state index in [0.29, 0.717) is 17.9 Å². The third-order valence-electron chi connectivity index (χ3n) is 3.83. The van der Waals surface area contributed by atoms with E-state index in [1.165, 1.54) is 4.57 Å². The van der Waals surface area contributed by atoms with Gasteiger partial charge >= 0.3 is 11.7 Å². The maximum atomic E-state index is 12.5. The van der Waals surface area contributed by atoms with E-state index in [-0.39, 0.29) is 10.9 Å². The zero-order chi connectivity index (χ0) is 16.6. The largest absolute Gasteiger partial charge is 0.480 e. The Bertz CT molecular complexity index is 808. The minimum Gasteiger partial charge on any atom is -0.480 e. The molecule has 0 aliphatic carbocycles. The van der Waals surface area contributed by atoms with E-state index < -0.39 is 18.2 Å². The second kappa shape index (κ2) is 6.17. The van der Waals surface area contributed by atoms with Crippen LogP contribution < -0.4 is 15.9 Å². The number of aryl methyl sites for hydroxylation is 1. The molecule has 0 radical (unpaired) electrons. The number of carboxylic acids is 1. The smallest absolute Gasteiger partial charge is 0.330 e. The molecule has 3 heterocycles. The Morgan fingerprint density at radius 1 is 1.30 bits per heavy atom. The average Bonchev–Trinajstić information content (AvgIpc) is 2.79. The predicted molar refractivity (Wildman–Crippen MR) is 85.2 cm³/mol. The molecule has 1 aliphatic heterocycles. The monoisotopic (exact) mass is 340 g/mol. The lowest BCUT2D eigenvalue weighted by Gasteiger charge is -2.28. The number of halogens is 1. The van der Waals surface area contributed by atoms with E-state index in [9.17, 15) is 9.59 Å². The van der Waals surface area contributed by atoms with E-state index in [0.717, 1.165) is 30.7 Å². The van der Waals surface area contributed by atoms with Crippen molar-refractivity contribution in [1.82, 2.24) is 24.4 Å². The summed E-state index contributed by atoms with van der Waals surface area (Å²) in [5.41, 5.74) is 0.371. The van der Waals surface area contributed by atoms with Gasteiger partial charge in [0.25, 0.3) is 0 Å². The summed E-state index contributed by atoms with van der Waals surface area (Å²) in [6.07, 6.45) is 0. The highest BCUT2D eigenvalue weighted by Crippen LogP contribution is 2.25. The lowest BCUT2D eigenvalue weighted by atomic mass is 10.3. The summed E-state index contributed by atoms with van der Waals surface area (Å²) in [7, 11) is 0. The first-order valence-corrected chi connectivity index (χ1v) is 7.74. The van der Waals surface area contributed by atoms with Crippen LogP contribution in [0, 0.1) is 0 Å². The lowest BCUT2D eigenvalue weighted by molar-refractivity contribution is -0.137. The van der Waals surface area contributed by atoms with Gasteiger partial charge in [0, 0.05) is 32.7 Å². The Hall–Kier alpha value is -2.13. The second-order valence-corrected chi connectivity index (χ2v) is 5.57. The van der Waals surface area contributed by atoms with Crippen LogP contribution in [0.1, 0.15) is 6.92 Å². The number of aromatic nitrogens is 4. The molecule has 23 heavy (non-hydrogen) atoms. The minimum absolute atomic E-state index is 0.00146. The van der Waals surface area contributed by atoms with Crippen molar-refractivity contribution >= 4 is 34.6 Å². The quantitative estimate of drug-likeness (QED) is 0.740. The lowest BCUT2D eigenvalue weighted by Crippen LogP contribution is -2.44. The maximum absolute atomic E-state index is 12.5. The van der Waals surface area contributed by atoms with E-state index >= 15 is 0 Å². The third kappa shape index (κ3) is 2.77. The van der Waals surface area contributed by atoms with Gasteiger partial charge in [-0.25, -0.2) is 4.79 Å². The molecular formula is C13H17ClN6O3. The van der Waals surface area contributed by atoms with Crippen LogP contribution in [0.3, 0.4) is 0 Å². The number of nitrogens with zero attached hydrogens (tertiary/aromatic N) is 5. The zero-order valence-electron chi connectivity index (χ0n) is 12.6. The molecule has 0 unspecified atom stereocenters. The van der Waals surface area contributed by atoms with Crippen LogP contribution in [-0.4, -0.2) is 56.4 Å². The molecule has 1 saturated heterocycles. The highest BCUT2D eigenvalue weighted by Gasteiger charge is 2.24. The third-order valence-corrected chi connectivity index (χ3v) is 4.00. The molecule has 2 aromatic rings. The predicted octanol–water partition coefficient (Wildman–Crippen LogP) is -0.239. The summed E-state index contributed by atoms with van der Waals surface area (Å²) in [4.78, 5) is 34.0. The summed E-state index contributed by atoms with van der Waals surface area (Å²) < 4.78 is 2.62. The van der Waals surface area contributed by atoms with E-state index in [1.54, 1.807) is 0 Å². The van der Waals surface area contributed by atoms with Gasteiger partial charge in [-0.15, -0.1) is 0 Å². The van der Waals surface area contributed by atoms with Crippen molar-refractivity contribution in [1.29, 1.82) is 0 Å². The summed E-state index contributed by atoms with van der Waals surface area (Å²) in [6, 6.07) is 0. The van der Waals surface area contributed by atoms with Crippen molar-refractivity contribution in [2.24, 2.45) is 0 Å². The van der Waals surface area contributed by atoms with E-state index in [2.05, 4.69) is 15.3 Å². The fraction of sp³-hybridized carbons (Fsp3) is 0.538. The number of imidazole rings is 1. The number of fused-ring (bicyclic) bond motifs is 1. The fourth-order valence-electron chi connectivity index (χ4n) is 2.84. The van der Waals surface area contributed by atoms with Gasteiger partial charge in [-0.3, -0.25) is 13.9 Å². The van der Waals surface area contributed by atoms with Gasteiger partial charge < -0.3 is 15.3 Å². The van der Waals surface area contributed by atoms with Crippen molar-refractivity contribution < 1.29 is 9.90 Å². The summed E-state index contributed by atoms with van der Waals surface area (Å²) in [6.45, 7) is 4.81. The van der Waals surface area contributed by atoms with Gasteiger partial charge in [-0.2, -0.15) is 9.97 Å². The van der Waals surface area contributed by atoms with Crippen molar-refractivity contribution in [3.8, 4) is 0 Å². The number of anilines is 1. The number of nitrogens with one attached hydrogen (secondary N) is 1. The number of piperazine rings is 1. The molecule has 1 fully saturated rings. The molecule has 0 saturated carbocycles. The molecule has 2 N–H and O–H groups in total. The highest BCUT2D eigenvalue weighted by molar-refractivity contribution is 6.28. The Labute approximate surface area is 136 Å². The average molecular weight is 341 g/mol. The number of carboxylic acid groups (broad SMARTS) is 1. The van der Waals surface area contributed by atoms with Crippen molar-refractivity contribution in [2.75, 3.05) is 31.1 Å². The van der Waals surface area contributed by atoms with E-state index in [4.69, 9.17) is 16.7 Å². The van der Waals surface area contributed by atoms with Crippen molar-refractivity contribution in [3.05, 3.63) is 15.8 Å². The normalized spacial score (nSPS) is 15.3. The number of carbonyl (C=O) groups is 1. The van der Waals surface area contributed by atoms with Crippen LogP contribution in [-0.2, 0) is 17.9 Å². The molecule has 9 nitrogen and oxygen atoms in total. The molecule has 0 bridgehead atoms. The molecule has 0 atom stereocenters. The Morgan fingerprint density at radius 2 is 2.00 bits per heavy atom. The highest BCUT2D eigenvalue weighted by atomic mass is 35.5. The molecular weight excluding hydrogens is 324 g/mol. The van der Waals surface area contributed by atoms with Gasteiger partial charge in [-0.1, -0.05) is 0 Å². The molecule has 124 valence electrons. The number of hydrogen-bond donors (Lipinski definition) is 2. The van der Waals surface area contributed by atoms with Gasteiger partial charge in [0.15, 0.2) is 11.5 Å². The minimum atomic E-state index is -1.11. The van der Waals surface area contributed by atoms with Crippen LogP contribution in [0.2, 0.25) is 5.28 Å². The molecule has 0 aromatic carbocycles. The van der Waals surface area contributed by atoms with Crippen LogP contribution in [0.15, 0.2) is 4.79 Å². The Kier molecular flexibility index (Phi) is 4.22. The maximum Gasteiger partial charge on any atom is 0.330 e. The van der Waals surface area contributed by atoms with Crippen LogP contribution in [0.5, 0.6) is 0 Å². The summed E-state index contributed by atoms with van der Waals surface area (Å²) in [5, 5.41) is 12.3. The SMILES string of the molecule is CCn1c(=O)n(CC(=O)O)c2nc(Cl)nc(N3CCNCC3)c21.